The molecule has 0 fully saturated rings. The maximum absolute atomic E-state index is 7.77. The van der Waals surface area contributed by atoms with Crippen LogP contribution < -0.4 is 10.6 Å². The average molecular weight is 248 g/mol. The van der Waals surface area contributed by atoms with Gasteiger partial charge in [-0.1, -0.05) is 6.92 Å². The van der Waals surface area contributed by atoms with Gasteiger partial charge in [-0.3, -0.25) is 5.41 Å². The maximum Gasteiger partial charge on any atom is 0.140 e. The summed E-state index contributed by atoms with van der Waals surface area (Å²) in [6.07, 6.45) is 1.04. The van der Waals surface area contributed by atoms with Crippen molar-refractivity contribution in [1.82, 2.24) is 4.98 Å². The molecule has 4 heteroatoms. The quantitative estimate of drug-likeness (QED) is 0.622. The second-order valence-corrected chi connectivity index (χ2v) is 4.74. The second kappa shape index (κ2) is 5.85. The zero-order valence-electron chi connectivity index (χ0n) is 12.0. The van der Waals surface area contributed by atoms with Crippen LogP contribution in [0.4, 0.5) is 5.82 Å². The first kappa shape index (κ1) is 14.5. The molecule has 0 aromatic carbocycles. The Hall–Kier alpha value is -1.58. The molecule has 0 aliphatic rings. The minimum Gasteiger partial charge on any atom is -0.384 e. The summed E-state index contributed by atoms with van der Waals surface area (Å²) in [5, 5.41) is 7.77. The van der Waals surface area contributed by atoms with E-state index in [1.807, 2.05) is 19.9 Å². The predicted octanol–water partition coefficient (Wildman–Crippen LogP) is 2.61. The number of hydrogen-bond donors (Lipinski definition) is 2. The van der Waals surface area contributed by atoms with Gasteiger partial charge >= 0.3 is 0 Å². The molecule has 1 heterocycles. The van der Waals surface area contributed by atoms with E-state index in [0.29, 0.717) is 6.04 Å². The van der Waals surface area contributed by atoms with E-state index in [4.69, 9.17) is 11.1 Å². The number of rotatable bonds is 5. The molecule has 0 aliphatic carbocycles. The summed E-state index contributed by atoms with van der Waals surface area (Å²) in [5.74, 6) is 0.939. The molecule has 18 heavy (non-hydrogen) atoms. The number of nitrogens with two attached hydrogens (primary N) is 1. The number of nitrogens with zero attached hydrogens (tertiary/aromatic N) is 2. The molecule has 1 aromatic heterocycles. The highest BCUT2D eigenvalue weighted by Gasteiger charge is 2.19. The molecule has 1 atom stereocenters. The van der Waals surface area contributed by atoms with Gasteiger partial charge in [-0.25, -0.2) is 4.98 Å². The van der Waals surface area contributed by atoms with Gasteiger partial charge in [0.05, 0.1) is 5.56 Å². The Bertz CT molecular complexity index is 440. The molecular weight excluding hydrogens is 224 g/mol. The Morgan fingerprint density at radius 2 is 2.06 bits per heavy atom. The zero-order chi connectivity index (χ0) is 13.9. The Labute approximate surface area is 110 Å². The van der Waals surface area contributed by atoms with E-state index < -0.39 is 0 Å². The molecular formula is C14H24N4. The van der Waals surface area contributed by atoms with Crippen LogP contribution in [0.15, 0.2) is 6.07 Å². The van der Waals surface area contributed by atoms with Gasteiger partial charge in [0.25, 0.3) is 0 Å². The molecule has 0 radical (unpaired) electrons. The Morgan fingerprint density at radius 1 is 1.44 bits per heavy atom. The van der Waals surface area contributed by atoms with Gasteiger partial charge in [-0.05, 0) is 45.7 Å². The van der Waals surface area contributed by atoms with Gasteiger partial charge < -0.3 is 10.6 Å². The molecule has 0 spiro atoms. The summed E-state index contributed by atoms with van der Waals surface area (Å²) in [6.45, 7) is 11.3. The minimum atomic E-state index is 0.0942. The van der Waals surface area contributed by atoms with E-state index in [1.54, 1.807) is 0 Å². The molecule has 1 unspecified atom stereocenters. The maximum atomic E-state index is 7.77. The lowest BCUT2D eigenvalue weighted by atomic mass is 10.1. The highest BCUT2D eigenvalue weighted by atomic mass is 15.2. The van der Waals surface area contributed by atoms with Crippen molar-refractivity contribution in [3.05, 3.63) is 22.9 Å². The lowest BCUT2D eigenvalue weighted by molar-refractivity contribution is 0.621. The summed E-state index contributed by atoms with van der Waals surface area (Å²) >= 11 is 0. The number of amidine groups is 1. The van der Waals surface area contributed by atoms with Crippen LogP contribution in [0.1, 0.15) is 44.0 Å². The van der Waals surface area contributed by atoms with Crippen molar-refractivity contribution < 1.29 is 0 Å². The van der Waals surface area contributed by atoms with Crippen molar-refractivity contribution in [2.45, 2.75) is 47.1 Å². The highest BCUT2D eigenvalue weighted by Crippen LogP contribution is 2.24. The molecule has 0 amide bonds. The molecule has 1 aromatic rings. The van der Waals surface area contributed by atoms with Crippen molar-refractivity contribution in [3.63, 3.8) is 0 Å². The van der Waals surface area contributed by atoms with Crippen LogP contribution in [0.3, 0.4) is 0 Å². The van der Waals surface area contributed by atoms with Crippen LogP contribution >= 0.6 is 0 Å². The Balaban J connectivity index is 3.40. The zero-order valence-corrected chi connectivity index (χ0v) is 12.0. The van der Waals surface area contributed by atoms with Crippen LogP contribution in [0, 0.1) is 19.3 Å². The molecule has 0 saturated heterocycles. The number of anilines is 1. The van der Waals surface area contributed by atoms with E-state index in [0.717, 1.165) is 35.6 Å². The fourth-order valence-electron chi connectivity index (χ4n) is 2.25. The van der Waals surface area contributed by atoms with E-state index >= 15 is 0 Å². The van der Waals surface area contributed by atoms with Crippen molar-refractivity contribution >= 4 is 11.7 Å². The number of nitrogens with one attached hydrogen (secondary N) is 1. The second-order valence-electron chi connectivity index (χ2n) is 4.74. The number of nitrogen functional groups attached to an aromatic ring is 1. The fourth-order valence-corrected chi connectivity index (χ4v) is 2.25. The molecule has 0 aliphatic heterocycles. The molecule has 3 N–H and O–H groups in total. The van der Waals surface area contributed by atoms with Crippen molar-refractivity contribution in [2.24, 2.45) is 5.73 Å². The number of pyridine rings is 1. The first-order chi connectivity index (χ1) is 8.42. The van der Waals surface area contributed by atoms with Crippen molar-refractivity contribution in [1.29, 1.82) is 5.41 Å². The third kappa shape index (κ3) is 2.81. The molecule has 100 valence electrons. The number of aryl methyl sites for hydroxylation is 2. The van der Waals surface area contributed by atoms with Gasteiger partial charge in [-0.2, -0.15) is 0 Å². The van der Waals surface area contributed by atoms with Gasteiger partial charge in [0.2, 0.25) is 0 Å². The standard InChI is InChI=1S/C14H24N4/c1-6-11(5)18(7-2)14-12(13(15)16)9(3)8-10(4)17-14/h8,11H,6-7H2,1-5H3,(H3,15,16). The molecule has 1 rings (SSSR count). The minimum absolute atomic E-state index is 0.0942. The topological polar surface area (TPSA) is 66.0 Å². The van der Waals surface area contributed by atoms with E-state index in [-0.39, 0.29) is 5.84 Å². The van der Waals surface area contributed by atoms with E-state index in [1.165, 1.54) is 0 Å². The first-order valence-electron chi connectivity index (χ1n) is 6.51. The van der Waals surface area contributed by atoms with E-state index in [9.17, 15) is 0 Å². The number of hydrogen-bond acceptors (Lipinski definition) is 3. The molecule has 0 saturated carbocycles. The average Bonchev–Trinajstić information content (AvgIpc) is 2.28. The summed E-state index contributed by atoms with van der Waals surface area (Å²) in [6, 6.07) is 2.37. The Kier molecular flexibility index (Phi) is 4.70. The monoisotopic (exact) mass is 248 g/mol. The van der Waals surface area contributed by atoms with Crippen LogP contribution in [0.2, 0.25) is 0 Å². The fraction of sp³-hybridized carbons (Fsp3) is 0.571. The van der Waals surface area contributed by atoms with Crippen LogP contribution in [-0.4, -0.2) is 23.4 Å². The summed E-state index contributed by atoms with van der Waals surface area (Å²) in [4.78, 5) is 6.82. The normalized spacial score (nSPS) is 12.3. The van der Waals surface area contributed by atoms with Crippen LogP contribution in [0.25, 0.3) is 0 Å². The van der Waals surface area contributed by atoms with Crippen LogP contribution in [-0.2, 0) is 0 Å². The van der Waals surface area contributed by atoms with Crippen molar-refractivity contribution in [3.8, 4) is 0 Å². The number of aromatic nitrogens is 1. The smallest absolute Gasteiger partial charge is 0.140 e. The summed E-state index contributed by atoms with van der Waals surface area (Å²) in [7, 11) is 0. The van der Waals surface area contributed by atoms with Crippen LogP contribution in [0.5, 0.6) is 0 Å². The summed E-state index contributed by atoms with van der Waals surface area (Å²) < 4.78 is 0. The SMILES string of the molecule is CCC(C)N(CC)c1nc(C)cc(C)c1C(=N)N. The molecule has 0 bridgehead atoms. The van der Waals surface area contributed by atoms with Gasteiger partial charge in [0.1, 0.15) is 11.7 Å². The highest BCUT2D eigenvalue weighted by molar-refractivity contribution is 6.01. The van der Waals surface area contributed by atoms with Gasteiger partial charge in [-0.15, -0.1) is 0 Å². The largest absolute Gasteiger partial charge is 0.384 e. The van der Waals surface area contributed by atoms with E-state index in [2.05, 4.69) is 30.7 Å². The summed E-state index contributed by atoms with van der Waals surface area (Å²) in [5.41, 5.74) is 8.47. The van der Waals surface area contributed by atoms with Gasteiger partial charge in [0.15, 0.2) is 0 Å². The molecule has 4 nitrogen and oxygen atoms in total. The van der Waals surface area contributed by atoms with Gasteiger partial charge in [0, 0.05) is 18.3 Å². The first-order valence-corrected chi connectivity index (χ1v) is 6.51. The Morgan fingerprint density at radius 3 is 2.50 bits per heavy atom. The third-order valence-electron chi connectivity index (χ3n) is 3.33. The lowest BCUT2D eigenvalue weighted by Crippen LogP contribution is -2.35. The third-order valence-corrected chi connectivity index (χ3v) is 3.33. The predicted molar refractivity (Wildman–Crippen MR) is 77.5 cm³/mol. The lowest BCUT2D eigenvalue weighted by Gasteiger charge is -2.30. The van der Waals surface area contributed by atoms with Crippen molar-refractivity contribution in [2.75, 3.05) is 11.4 Å².